The van der Waals surface area contributed by atoms with Gasteiger partial charge in [0.15, 0.2) is 12.4 Å². The highest BCUT2D eigenvalue weighted by molar-refractivity contribution is 5.89. The molecule has 2 aliphatic rings. The zero-order chi connectivity index (χ0) is 24.1. The minimum atomic E-state index is -0.684. The third-order valence-electron chi connectivity index (χ3n) is 6.80. The summed E-state index contributed by atoms with van der Waals surface area (Å²) < 4.78 is 23.8. The van der Waals surface area contributed by atoms with Gasteiger partial charge in [-0.05, 0) is 30.0 Å². The lowest BCUT2D eigenvalue weighted by Gasteiger charge is -2.47. The fraction of sp³-hybridized carbons (Fsp3) is 0.481. The lowest BCUT2D eigenvalue weighted by Crippen LogP contribution is -2.59. The van der Waals surface area contributed by atoms with Crippen molar-refractivity contribution in [3.63, 3.8) is 0 Å². The molecule has 0 bridgehead atoms. The molecule has 2 saturated heterocycles. The summed E-state index contributed by atoms with van der Waals surface area (Å²) >= 11 is 0. The summed E-state index contributed by atoms with van der Waals surface area (Å²) in [6, 6.07) is 18.5. The van der Waals surface area contributed by atoms with E-state index in [1.807, 2.05) is 36.4 Å². The second kappa shape index (κ2) is 11.0. The van der Waals surface area contributed by atoms with E-state index in [-0.39, 0.29) is 36.7 Å². The number of hydrogen-bond donors (Lipinski definition) is 0. The predicted octanol–water partition coefficient (Wildman–Crippen LogP) is 4.66. The lowest BCUT2D eigenvalue weighted by molar-refractivity contribution is -0.292. The molecule has 4 rings (SSSR count). The van der Waals surface area contributed by atoms with Crippen LogP contribution in [0.5, 0.6) is 0 Å². The number of likely N-dealkylation sites (tertiary alicyclic amines) is 1. The first kappa shape index (κ1) is 24.2. The number of carbonyl (C=O) groups excluding carboxylic acids is 2. The van der Waals surface area contributed by atoms with Gasteiger partial charge in [0.1, 0.15) is 6.61 Å². The van der Waals surface area contributed by atoms with Gasteiger partial charge in [-0.3, -0.25) is 0 Å². The van der Waals surface area contributed by atoms with Gasteiger partial charge in [-0.25, -0.2) is 9.59 Å². The highest BCUT2D eigenvalue weighted by atomic mass is 16.7. The Morgan fingerprint density at radius 2 is 1.62 bits per heavy atom. The summed E-state index contributed by atoms with van der Waals surface area (Å²) in [5.74, 6) is -0.121. The highest BCUT2D eigenvalue weighted by Gasteiger charge is 2.46. The van der Waals surface area contributed by atoms with Gasteiger partial charge >= 0.3 is 12.1 Å². The molecule has 0 N–H and O–H groups in total. The molecule has 2 unspecified atom stereocenters. The van der Waals surface area contributed by atoms with Crippen molar-refractivity contribution >= 4 is 12.1 Å². The van der Waals surface area contributed by atoms with Crippen molar-refractivity contribution < 1.29 is 28.5 Å². The van der Waals surface area contributed by atoms with Crippen LogP contribution in [0.2, 0.25) is 0 Å². The van der Waals surface area contributed by atoms with Crippen LogP contribution in [0, 0.1) is 11.8 Å². The Hall–Kier alpha value is -2.90. The molecular formula is C27H33NO6. The van der Waals surface area contributed by atoms with Crippen molar-refractivity contribution in [2.75, 3.05) is 13.1 Å². The molecule has 182 valence electrons. The average molecular weight is 468 g/mol. The van der Waals surface area contributed by atoms with Crippen molar-refractivity contribution in [1.82, 2.24) is 4.90 Å². The third-order valence-corrected chi connectivity index (χ3v) is 6.80. The van der Waals surface area contributed by atoms with Gasteiger partial charge in [-0.1, -0.05) is 69.3 Å². The first-order chi connectivity index (χ1) is 16.5. The zero-order valence-corrected chi connectivity index (χ0v) is 20.0. The van der Waals surface area contributed by atoms with E-state index < -0.39 is 18.4 Å². The van der Waals surface area contributed by atoms with Crippen LogP contribution in [0.15, 0.2) is 60.7 Å². The average Bonchev–Trinajstić information content (AvgIpc) is 2.84. The Kier molecular flexibility index (Phi) is 7.85. The minimum absolute atomic E-state index is 0.0127. The highest BCUT2D eigenvalue weighted by Crippen LogP contribution is 2.36. The Balaban J connectivity index is 1.34. The third kappa shape index (κ3) is 5.59. The van der Waals surface area contributed by atoms with Crippen LogP contribution in [-0.4, -0.2) is 54.7 Å². The zero-order valence-electron chi connectivity index (χ0n) is 20.0. The molecule has 0 saturated carbocycles. The summed E-state index contributed by atoms with van der Waals surface area (Å²) in [7, 11) is 0. The molecule has 5 atom stereocenters. The van der Waals surface area contributed by atoms with Crippen molar-refractivity contribution in [2.45, 2.75) is 58.4 Å². The Morgan fingerprint density at radius 3 is 2.26 bits per heavy atom. The van der Waals surface area contributed by atoms with Crippen LogP contribution in [0.1, 0.15) is 43.1 Å². The minimum Gasteiger partial charge on any atom is -0.453 e. The van der Waals surface area contributed by atoms with Gasteiger partial charge in [-0.2, -0.15) is 0 Å². The van der Waals surface area contributed by atoms with E-state index in [1.165, 1.54) is 0 Å². The molecule has 0 spiro atoms. The van der Waals surface area contributed by atoms with Gasteiger partial charge in [0.25, 0.3) is 0 Å². The molecule has 7 nitrogen and oxygen atoms in total. The largest absolute Gasteiger partial charge is 0.453 e. The Bertz CT molecular complexity index is 946. The monoisotopic (exact) mass is 467 g/mol. The van der Waals surface area contributed by atoms with Crippen molar-refractivity contribution in [3.8, 4) is 0 Å². The van der Waals surface area contributed by atoms with Gasteiger partial charge in [0.05, 0.1) is 30.9 Å². The number of ether oxygens (including phenoxy) is 4. The smallest absolute Gasteiger partial charge is 0.410 e. The Morgan fingerprint density at radius 1 is 0.971 bits per heavy atom. The molecule has 2 aromatic rings. The van der Waals surface area contributed by atoms with E-state index in [2.05, 4.69) is 20.8 Å². The molecular weight excluding hydrogens is 434 g/mol. The normalized spacial score (nSPS) is 27.0. The van der Waals surface area contributed by atoms with Crippen LogP contribution < -0.4 is 0 Å². The molecule has 34 heavy (non-hydrogen) atoms. The van der Waals surface area contributed by atoms with Crippen LogP contribution in [0.4, 0.5) is 4.79 Å². The molecule has 0 radical (unpaired) electrons. The fourth-order valence-corrected chi connectivity index (χ4v) is 4.44. The van der Waals surface area contributed by atoms with Crippen LogP contribution in [0.3, 0.4) is 0 Å². The maximum absolute atomic E-state index is 12.8. The van der Waals surface area contributed by atoms with E-state index in [0.29, 0.717) is 18.7 Å². The van der Waals surface area contributed by atoms with E-state index in [9.17, 15) is 9.59 Å². The van der Waals surface area contributed by atoms with Crippen LogP contribution in [-0.2, 0) is 25.6 Å². The SMILES string of the molecule is CCC1O[C@H](OC2CN(C(=O)OCc3ccccc3)C2)C(OC(=O)c2ccccc2)[C@@H](C)[C@@H]1C. The van der Waals surface area contributed by atoms with E-state index in [4.69, 9.17) is 18.9 Å². The van der Waals surface area contributed by atoms with E-state index >= 15 is 0 Å². The lowest BCUT2D eigenvalue weighted by atomic mass is 9.82. The molecule has 1 amide bonds. The van der Waals surface area contributed by atoms with E-state index in [0.717, 1.165) is 12.0 Å². The maximum Gasteiger partial charge on any atom is 0.410 e. The Labute approximate surface area is 200 Å². The van der Waals surface area contributed by atoms with Crippen molar-refractivity contribution in [1.29, 1.82) is 0 Å². The van der Waals surface area contributed by atoms with Crippen LogP contribution in [0.25, 0.3) is 0 Å². The number of hydrogen-bond acceptors (Lipinski definition) is 6. The van der Waals surface area contributed by atoms with E-state index in [1.54, 1.807) is 29.2 Å². The number of carbonyl (C=O) groups is 2. The van der Waals surface area contributed by atoms with Gasteiger partial charge in [-0.15, -0.1) is 0 Å². The van der Waals surface area contributed by atoms with Crippen molar-refractivity contribution in [2.24, 2.45) is 11.8 Å². The fourth-order valence-electron chi connectivity index (χ4n) is 4.44. The second-order valence-electron chi connectivity index (χ2n) is 9.11. The number of rotatable bonds is 7. The topological polar surface area (TPSA) is 74.3 Å². The first-order valence-corrected chi connectivity index (χ1v) is 12.0. The first-order valence-electron chi connectivity index (χ1n) is 12.0. The van der Waals surface area contributed by atoms with Crippen molar-refractivity contribution in [3.05, 3.63) is 71.8 Å². The molecule has 2 heterocycles. The molecule has 2 fully saturated rings. The van der Waals surface area contributed by atoms with Gasteiger partial charge in [0.2, 0.25) is 0 Å². The molecule has 2 aliphatic heterocycles. The number of amides is 1. The molecule has 0 aromatic heterocycles. The van der Waals surface area contributed by atoms with Gasteiger partial charge < -0.3 is 23.8 Å². The standard InChI is InChI=1S/C27H33NO6/c1-4-23-18(2)19(3)24(34-25(29)21-13-9-6-10-14-21)26(33-23)32-22-15-28(16-22)27(30)31-17-20-11-7-5-8-12-20/h5-14,18-19,22-24,26H,4,15-17H2,1-3H3/t18-,19-,23?,24?,26-/m0/s1. The summed E-state index contributed by atoms with van der Waals surface area (Å²) in [6.07, 6.45) is -0.938. The number of esters is 1. The molecule has 2 aromatic carbocycles. The van der Waals surface area contributed by atoms with Crippen LogP contribution >= 0.6 is 0 Å². The second-order valence-corrected chi connectivity index (χ2v) is 9.11. The summed E-state index contributed by atoms with van der Waals surface area (Å²) in [5, 5.41) is 0. The summed E-state index contributed by atoms with van der Waals surface area (Å²) in [5.41, 5.74) is 1.44. The quantitative estimate of drug-likeness (QED) is 0.552. The predicted molar refractivity (Wildman–Crippen MR) is 126 cm³/mol. The number of nitrogens with zero attached hydrogens (tertiary/aromatic N) is 1. The summed E-state index contributed by atoms with van der Waals surface area (Å²) in [4.78, 5) is 26.7. The summed E-state index contributed by atoms with van der Waals surface area (Å²) in [6.45, 7) is 7.32. The number of benzene rings is 2. The van der Waals surface area contributed by atoms with Gasteiger partial charge in [0, 0.05) is 5.92 Å². The molecule has 0 aliphatic carbocycles. The maximum atomic E-state index is 12.8. The molecule has 7 heteroatoms.